The highest BCUT2D eigenvalue weighted by Gasteiger charge is 2.44. The summed E-state index contributed by atoms with van der Waals surface area (Å²) in [6.45, 7) is 2.83. The summed E-state index contributed by atoms with van der Waals surface area (Å²) >= 11 is 0. The van der Waals surface area contributed by atoms with E-state index >= 15 is 4.39 Å². The van der Waals surface area contributed by atoms with E-state index in [9.17, 15) is 43.1 Å². The number of nitrogens with one attached hydrogen (secondary N) is 2. The predicted molar refractivity (Wildman–Crippen MR) is 165 cm³/mol. The number of anilines is 2. The molecule has 0 spiro atoms. The van der Waals surface area contributed by atoms with E-state index in [4.69, 9.17) is 9.47 Å². The number of amides is 1. The number of carbonyl (C=O) groups excluding carboxylic acids is 2. The van der Waals surface area contributed by atoms with Gasteiger partial charge in [0.15, 0.2) is 23.6 Å². The molecule has 248 valence electrons. The van der Waals surface area contributed by atoms with Gasteiger partial charge >= 0.3 is 21.2 Å². The first-order chi connectivity index (χ1) is 21.6. The number of rotatable bonds is 10. The largest absolute Gasteiger partial charge is 0.492 e. The molecule has 1 aromatic heterocycles. The van der Waals surface area contributed by atoms with Crippen molar-refractivity contribution in [2.24, 2.45) is 0 Å². The number of hydrogen-bond acceptors (Lipinski definition) is 9. The van der Waals surface area contributed by atoms with E-state index in [-0.39, 0.29) is 40.2 Å². The number of hydrogen-bond donors (Lipinski definition) is 6. The van der Waals surface area contributed by atoms with Crippen LogP contribution in [-0.4, -0.2) is 75.4 Å². The van der Waals surface area contributed by atoms with Crippen molar-refractivity contribution in [1.29, 1.82) is 0 Å². The molecular weight excluding hydrogens is 649 g/mol. The number of esters is 1. The summed E-state index contributed by atoms with van der Waals surface area (Å²) in [5.41, 5.74) is -0.889. The van der Waals surface area contributed by atoms with E-state index in [1.54, 1.807) is 4.57 Å². The fourth-order valence-corrected chi connectivity index (χ4v) is 8.27. The van der Waals surface area contributed by atoms with Gasteiger partial charge in [-0.3, -0.25) is 18.7 Å². The van der Waals surface area contributed by atoms with Crippen LogP contribution in [0, 0.1) is 5.82 Å². The maximum Gasteiger partial charge on any atom is 0.345 e. The smallest absolute Gasteiger partial charge is 0.345 e. The van der Waals surface area contributed by atoms with Crippen molar-refractivity contribution in [3.05, 3.63) is 63.7 Å². The zero-order valence-corrected chi connectivity index (χ0v) is 26.5. The van der Waals surface area contributed by atoms with Crippen LogP contribution in [0.3, 0.4) is 0 Å². The zero-order chi connectivity index (χ0) is 33.6. The normalized spacial score (nSPS) is 17.3. The lowest BCUT2D eigenvalue weighted by molar-refractivity contribution is -0.119. The van der Waals surface area contributed by atoms with Crippen LogP contribution in [0.5, 0.6) is 5.75 Å². The Morgan fingerprint density at radius 1 is 1.13 bits per heavy atom. The van der Waals surface area contributed by atoms with Crippen LogP contribution >= 0.6 is 15.2 Å². The second-order valence-electron chi connectivity index (χ2n) is 11.2. The zero-order valence-electron chi connectivity index (χ0n) is 24.8. The van der Waals surface area contributed by atoms with Gasteiger partial charge in [-0.05, 0) is 43.5 Å². The second kappa shape index (κ2) is 12.9. The third-order valence-corrected chi connectivity index (χ3v) is 11.4. The summed E-state index contributed by atoms with van der Waals surface area (Å²) in [5.74, 6) is -2.45. The first-order valence-electron chi connectivity index (χ1n) is 14.2. The number of ether oxygens (including phenoxy) is 2. The number of nitrogens with zero attached hydrogens (tertiary/aromatic N) is 2. The Hall–Kier alpha value is -3.62. The fraction of sp³-hybridized carbons (Fsp3) is 0.393. The van der Waals surface area contributed by atoms with Gasteiger partial charge in [-0.1, -0.05) is 12.1 Å². The Labute approximate surface area is 261 Å². The Morgan fingerprint density at radius 3 is 2.35 bits per heavy atom. The van der Waals surface area contributed by atoms with Crippen molar-refractivity contribution in [2.45, 2.75) is 37.2 Å². The van der Waals surface area contributed by atoms with E-state index < -0.39 is 55.9 Å². The number of benzene rings is 2. The van der Waals surface area contributed by atoms with E-state index in [1.807, 2.05) is 11.8 Å². The number of pyridine rings is 1. The van der Waals surface area contributed by atoms with E-state index in [0.29, 0.717) is 25.2 Å². The summed E-state index contributed by atoms with van der Waals surface area (Å²) < 4.78 is 51.4. The summed E-state index contributed by atoms with van der Waals surface area (Å²) in [6, 6.07) is 5.50. The molecule has 3 aromatic rings. The molecule has 2 aliphatic rings. The van der Waals surface area contributed by atoms with Crippen LogP contribution < -0.4 is 25.7 Å². The van der Waals surface area contributed by atoms with Crippen molar-refractivity contribution >= 4 is 49.3 Å². The molecule has 1 unspecified atom stereocenters. The molecule has 2 heterocycles. The van der Waals surface area contributed by atoms with Crippen molar-refractivity contribution < 1.29 is 52.2 Å². The summed E-state index contributed by atoms with van der Waals surface area (Å²) in [5, 5.41) is 3.23. The van der Waals surface area contributed by atoms with Gasteiger partial charge in [0, 0.05) is 43.6 Å². The Bertz CT molecular complexity index is 1810. The molecule has 1 saturated heterocycles. The molecule has 1 atom stereocenters. The van der Waals surface area contributed by atoms with Gasteiger partial charge in [-0.2, -0.15) is 0 Å². The average molecular weight is 683 g/mol. The quantitative estimate of drug-likeness (QED) is 0.134. The van der Waals surface area contributed by atoms with Crippen molar-refractivity contribution in [3.8, 4) is 5.75 Å². The third kappa shape index (κ3) is 7.03. The predicted octanol–water partition coefficient (Wildman–Crippen LogP) is 2.43. The van der Waals surface area contributed by atoms with E-state index in [0.717, 1.165) is 43.2 Å². The number of methoxy groups -OCH3 is 1. The topological polar surface area (TPSA) is 217 Å². The summed E-state index contributed by atoms with van der Waals surface area (Å²) in [6.07, 6.45) is 2.86. The molecule has 1 aliphatic carbocycles. The van der Waals surface area contributed by atoms with Gasteiger partial charge in [0.2, 0.25) is 5.43 Å². The lowest BCUT2D eigenvalue weighted by Gasteiger charge is -2.35. The highest BCUT2D eigenvalue weighted by Crippen LogP contribution is 2.69. The minimum atomic E-state index is -5.23. The Balaban J connectivity index is 1.36. The van der Waals surface area contributed by atoms with Crippen molar-refractivity contribution in [2.75, 3.05) is 43.6 Å². The number of piperazine rings is 1. The number of carbonyl (C=O) groups is 2. The minimum absolute atomic E-state index is 0.0641. The first-order valence-corrected chi connectivity index (χ1v) is 17.6. The molecule has 18 heteroatoms. The lowest BCUT2D eigenvalue weighted by Crippen LogP contribution is -2.49. The highest BCUT2D eigenvalue weighted by atomic mass is 31.2. The monoisotopic (exact) mass is 682 g/mol. The molecule has 0 bridgehead atoms. The third-order valence-electron chi connectivity index (χ3n) is 7.71. The molecule has 0 radical (unpaired) electrons. The van der Waals surface area contributed by atoms with Gasteiger partial charge in [-0.15, -0.1) is 0 Å². The molecule has 15 nitrogen and oxygen atoms in total. The maximum absolute atomic E-state index is 15.6. The molecule has 6 N–H and O–H groups in total. The average Bonchev–Trinajstić information content (AvgIpc) is 3.81. The molecule has 5 rings (SSSR count). The lowest BCUT2D eigenvalue weighted by atomic mass is 10.1. The van der Waals surface area contributed by atoms with Gasteiger partial charge in [0.05, 0.1) is 18.0 Å². The van der Waals surface area contributed by atoms with E-state index in [1.165, 1.54) is 13.3 Å². The van der Waals surface area contributed by atoms with Crippen LogP contribution in [0.2, 0.25) is 0 Å². The van der Waals surface area contributed by atoms with Crippen LogP contribution in [-0.2, 0) is 18.7 Å². The molecular formula is C28H33FN4O11P2. The van der Waals surface area contributed by atoms with E-state index in [2.05, 4.69) is 10.6 Å². The van der Waals surface area contributed by atoms with Gasteiger partial charge < -0.3 is 49.1 Å². The van der Waals surface area contributed by atoms with Crippen LogP contribution in [0.1, 0.15) is 47.1 Å². The molecule has 2 aromatic carbocycles. The molecule has 1 amide bonds. The molecule has 1 saturated carbocycles. The molecule has 1 aliphatic heterocycles. The van der Waals surface area contributed by atoms with Gasteiger partial charge in [-0.25, -0.2) is 9.18 Å². The second-order valence-corrected chi connectivity index (χ2v) is 15.0. The SMILES string of the molecule is COc1c(N2CCNC(C)C2)c(F)cc2c(=O)c(C(=O)OCC(=O)Nc3ccc(C(P(=O)(O)O)P(=O)(O)O)cc3)cn(C3CC3)c12. The number of aromatic nitrogens is 1. The molecule has 2 fully saturated rings. The maximum atomic E-state index is 15.6. The summed E-state index contributed by atoms with van der Waals surface area (Å²) in [7, 11) is -9.05. The number of fused-ring (bicyclic) bond motifs is 1. The first kappa shape index (κ1) is 33.7. The minimum Gasteiger partial charge on any atom is -0.492 e. The van der Waals surface area contributed by atoms with Crippen LogP contribution in [0.4, 0.5) is 15.8 Å². The fourth-order valence-electron chi connectivity index (χ4n) is 5.58. The van der Waals surface area contributed by atoms with Gasteiger partial charge in [0.25, 0.3) is 5.91 Å². The van der Waals surface area contributed by atoms with Crippen molar-refractivity contribution in [3.63, 3.8) is 0 Å². The Kier molecular flexibility index (Phi) is 9.45. The van der Waals surface area contributed by atoms with Crippen LogP contribution in [0.15, 0.2) is 41.3 Å². The Morgan fingerprint density at radius 2 is 1.78 bits per heavy atom. The standard InChI is InChI=1S/C28H33FN4O11P2/c1-15-12-32(10-9-30-15)24-21(29)11-19-23(26(24)43-2)33(18-7-8-18)13-20(25(19)35)27(36)44-14-22(34)31-17-5-3-16(4-6-17)28(45(37,38)39)46(40,41)42/h3-6,11,13,15,18,28,30H,7-10,12,14H2,1-2H3,(H,31,34)(H2,37,38,39)(H2,40,41,42). The number of halogens is 1. The van der Waals surface area contributed by atoms with Crippen LogP contribution in [0.25, 0.3) is 10.9 Å². The van der Waals surface area contributed by atoms with Gasteiger partial charge in [0.1, 0.15) is 11.3 Å². The van der Waals surface area contributed by atoms with Crippen molar-refractivity contribution in [1.82, 2.24) is 9.88 Å². The summed E-state index contributed by atoms with van der Waals surface area (Å²) in [4.78, 5) is 78.5. The molecule has 46 heavy (non-hydrogen) atoms. The highest BCUT2D eigenvalue weighted by molar-refractivity contribution is 7.70.